The van der Waals surface area contributed by atoms with Crippen molar-refractivity contribution in [1.29, 1.82) is 0 Å². The molecule has 0 radical (unpaired) electrons. The highest BCUT2D eigenvalue weighted by Gasteiger charge is 2.08. The van der Waals surface area contributed by atoms with Crippen molar-refractivity contribution < 1.29 is 19.1 Å². The Kier molecular flexibility index (Phi) is 6.60. The fourth-order valence-electron chi connectivity index (χ4n) is 2.35. The van der Waals surface area contributed by atoms with Crippen LogP contribution in [0.25, 0.3) is 6.08 Å². The molecule has 4 nitrogen and oxygen atoms in total. The number of carbonyl (C=O) groups excluding carboxylic acids is 2. The topological polar surface area (TPSA) is 52.6 Å². The molecule has 0 N–H and O–H groups in total. The highest BCUT2D eigenvalue weighted by Crippen LogP contribution is 2.15. The highest BCUT2D eigenvalue weighted by molar-refractivity contribution is 6.30. The molecule has 0 bridgehead atoms. The Balaban J connectivity index is 1.52. The zero-order chi connectivity index (χ0) is 19.8. The Labute approximate surface area is 168 Å². The summed E-state index contributed by atoms with van der Waals surface area (Å²) in [6.07, 6.45) is 2.96. The molecule has 3 aromatic rings. The second-order valence-electron chi connectivity index (χ2n) is 5.89. The van der Waals surface area contributed by atoms with Gasteiger partial charge in [-0.3, -0.25) is 0 Å². The van der Waals surface area contributed by atoms with Crippen LogP contribution in [-0.2, 0) is 16.1 Å². The first-order valence-corrected chi connectivity index (χ1v) is 8.94. The van der Waals surface area contributed by atoms with Gasteiger partial charge in [0.2, 0.25) is 0 Å². The first-order chi connectivity index (χ1) is 13.6. The van der Waals surface area contributed by atoms with Crippen LogP contribution in [0.4, 0.5) is 0 Å². The number of halogens is 1. The summed E-state index contributed by atoms with van der Waals surface area (Å²) in [6, 6.07) is 22.7. The largest absolute Gasteiger partial charge is 0.457 e. The number of esters is 2. The molecule has 0 heterocycles. The Morgan fingerprint density at radius 3 is 2.21 bits per heavy atom. The monoisotopic (exact) mass is 392 g/mol. The van der Waals surface area contributed by atoms with E-state index in [-0.39, 0.29) is 6.61 Å². The van der Waals surface area contributed by atoms with E-state index >= 15 is 0 Å². The van der Waals surface area contributed by atoms with E-state index in [4.69, 9.17) is 21.1 Å². The molecule has 0 saturated heterocycles. The zero-order valence-corrected chi connectivity index (χ0v) is 15.6. The molecule has 3 aromatic carbocycles. The van der Waals surface area contributed by atoms with Crippen LogP contribution in [-0.4, -0.2) is 11.9 Å². The second-order valence-corrected chi connectivity index (χ2v) is 6.33. The third-order valence-corrected chi connectivity index (χ3v) is 4.06. The normalized spacial score (nSPS) is 10.6. The molecule has 0 fully saturated rings. The summed E-state index contributed by atoms with van der Waals surface area (Å²) in [5, 5.41) is 0.627. The lowest BCUT2D eigenvalue weighted by Crippen LogP contribution is -2.06. The van der Waals surface area contributed by atoms with Gasteiger partial charge in [-0.25, -0.2) is 9.59 Å². The first-order valence-electron chi connectivity index (χ1n) is 8.57. The number of carbonyl (C=O) groups is 2. The summed E-state index contributed by atoms with van der Waals surface area (Å²) in [4.78, 5) is 24.0. The van der Waals surface area contributed by atoms with Gasteiger partial charge < -0.3 is 9.47 Å². The molecule has 140 valence electrons. The highest BCUT2D eigenvalue weighted by atomic mass is 35.5. The molecule has 0 aromatic heterocycles. The van der Waals surface area contributed by atoms with Crippen molar-refractivity contribution in [2.45, 2.75) is 6.61 Å². The number of hydrogen-bond acceptors (Lipinski definition) is 4. The zero-order valence-electron chi connectivity index (χ0n) is 14.9. The van der Waals surface area contributed by atoms with Crippen molar-refractivity contribution >= 4 is 29.6 Å². The molecule has 0 aliphatic carbocycles. The van der Waals surface area contributed by atoms with Gasteiger partial charge in [-0.2, -0.15) is 0 Å². The van der Waals surface area contributed by atoms with Crippen LogP contribution in [0.15, 0.2) is 84.9 Å². The molecule has 3 rings (SSSR count). The minimum Gasteiger partial charge on any atom is -0.457 e. The fraction of sp³-hybridized carbons (Fsp3) is 0.0435. The Bertz CT molecular complexity index is 962. The Morgan fingerprint density at radius 1 is 0.857 bits per heavy atom. The van der Waals surface area contributed by atoms with Crippen LogP contribution in [0.3, 0.4) is 0 Å². The van der Waals surface area contributed by atoms with E-state index in [2.05, 4.69) is 0 Å². The van der Waals surface area contributed by atoms with Crippen molar-refractivity contribution in [1.82, 2.24) is 0 Å². The van der Waals surface area contributed by atoms with Gasteiger partial charge in [0.15, 0.2) is 0 Å². The molecular formula is C23H17ClO4. The average Bonchev–Trinajstić information content (AvgIpc) is 2.73. The van der Waals surface area contributed by atoms with Gasteiger partial charge >= 0.3 is 11.9 Å². The summed E-state index contributed by atoms with van der Waals surface area (Å²) >= 11 is 5.82. The molecule has 0 saturated carbocycles. The van der Waals surface area contributed by atoms with Crippen molar-refractivity contribution in [3.05, 3.63) is 107 Å². The van der Waals surface area contributed by atoms with Crippen LogP contribution in [0.2, 0.25) is 5.02 Å². The third kappa shape index (κ3) is 5.83. The summed E-state index contributed by atoms with van der Waals surface area (Å²) in [7, 11) is 0. The Morgan fingerprint density at radius 2 is 1.54 bits per heavy atom. The van der Waals surface area contributed by atoms with E-state index in [9.17, 15) is 9.59 Å². The second kappa shape index (κ2) is 9.53. The van der Waals surface area contributed by atoms with E-state index in [0.717, 1.165) is 11.1 Å². The number of benzene rings is 3. The molecular weight excluding hydrogens is 376 g/mol. The van der Waals surface area contributed by atoms with Crippen molar-refractivity contribution in [3.8, 4) is 5.75 Å². The van der Waals surface area contributed by atoms with Crippen molar-refractivity contribution in [3.63, 3.8) is 0 Å². The van der Waals surface area contributed by atoms with Gasteiger partial charge in [0.05, 0.1) is 5.56 Å². The lowest BCUT2D eigenvalue weighted by atomic mass is 10.2. The fourth-order valence-corrected chi connectivity index (χ4v) is 2.48. The molecule has 0 atom stereocenters. The van der Waals surface area contributed by atoms with Crippen LogP contribution < -0.4 is 4.74 Å². The predicted molar refractivity (Wildman–Crippen MR) is 108 cm³/mol. The third-order valence-electron chi connectivity index (χ3n) is 3.80. The minimum absolute atomic E-state index is 0.200. The first kappa shape index (κ1) is 19.4. The van der Waals surface area contributed by atoms with Gasteiger partial charge in [0.25, 0.3) is 0 Å². The smallest absolute Gasteiger partial charge is 0.338 e. The minimum atomic E-state index is -0.519. The standard InChI is InChI=1S/C23H17ClO4/c24-20-11-6-17(7-12-20)8-15-22(25)28-21-13-9-19(10-14-21)23(26)27-16-18-4-2-1-3-5-18/h1-15H,16H2/b15-8+. The molecule has 0 aliphatic heterocycles. The van der Waals surface area contributed by atoms with E-state index in [1.165, 1.54) is 6.08 Å². The summed E-state index contributed by atoms with van der Waals surface area (Å²) < 4.78 is 10.5. The van der Waals surface area contributed by atoms with Gasteiger partial charge in [-0.05, 0) is 53.6 Å². The molecule has 0 spiro atoms. The molecule has 0 unspecified atom stereocenters. The van der Waals surface area contributed by atoms with E-state index in [0.29, 0.717) is 16.3 Å². The number of hydrogen-bond donors (Lipinski definition) is 0. The van der Waals surface area contributed by atoms with E-state index in [1.807, 2.05) is 30.3 Å². The summed E-state index contributed by atoms with van der Waals surface area (Å²) in [6.45, 7) is 0.200. The molecule has 28 heavy (non-hydrogen) atoms. The predicted octanol–water partition coefficient (Wildman–Crippen LogP) is 5.32. The van der Waals surface area contributed by atoms with Gasteiger partial charge in [-0.1, -0.05) is 54.1 Å². The lowest BCUT2D eigenvalue weighted by Gasteiger charge is -2.06. The SMILES string of the molecule is O=C(/C=C/c1ccc(Cl)cc1)Oc1ccc(C(=O)OCc2ccccc2)cc1. The van der Waals surface area contributed by atoms with Crippen LogP contribution >= 0.6 is 11.6 Å². The summed E-state index contributed by atoms with van der Waals surface area (Å²) in [5.41, 5.74) is 2.12. The van der Waals surface area contributed by atoms with Crippen molar-refractivity contribution in [2.24, 2.45) is 0 Å². The maximum Gasteiger partial charge on any atom is 0.338 e. The summed E-state index contributed by atoms with van der Waals surface area (Å²) in [5.74, 6) is -0.621. The quantitative estimate of drug-likeness (QED) is 0.324. The van der Waals surface area contributed by atoms with E-state index in [1.54, 1.807) is 54.6 Å². The van der Waals surface area contributed by atoms with E-state index < -0.39 is 11.9 Å². The molecule has 0 aliphatic rings. The molecule has 0 amide bonds. The van der Waals surface area contributed by atoms with Gasteiger partial charge in [-0.15, -0.1) is 0 Å². The lowest BCUT2D eigenvalue weighted by molar-refractivity contribution is -0.128. The maximum absolute atomic E-state index is 12.1. The van der Waals surface area contributed by atoms with Gasteiger partial charge in [0.1, 0.15) is 12.4 Å². The molecule has 5 heteroatoms. The average molecular weight is 393 g/mol. The van der Waals surface area contributed by atoms with Crippen molar-refractivity contribution in [2.75, 3.05) is 0 Å². The van der Waals surface area contributed by atoms with Crippen LogP contribution in [0.1, 0.15) is 21.5 Å². The van der Waals surface area contributed by atoms with Crippen LogP contribution in [0.5, 0.6) is 5.75 Å². The number of rotatable bonds is 6. The number of ether oxygens (including phenoxy) is 2. The maximum atomic E-state index is 12.1. The Hall–Kier alpha value is -3.37. The van der Waals surface area contributed by atoms with Gasteiger partial charge in [0, 0.05) is 11.1 Å². The van der Waals surface area contributed by atoms with Crippen LogP contribution in [0, 0.1) is 0 Å².